The van der Waals surface area contributed by atoms with Gasteiger partial charge in [-0.25, -0.2) is 0 Å². The number of carbonyl (C=O) groups is 2. The molecule has 0 aromatic carbocycles. The van der Waals surface area contributed by atoms with Gasteiger partial charge in [0.05, 0.1) is 0 Å². The molecule has 0 radical (unpaired) electrons. The minimum atomic E-state index is -1.40. The molecule has 0 saturated carbocycles. The number of hydrogen-bond donors (Lipinski definition) is 0. The van der Waals surface area contributed by atoms with Crippen LogP contribution in [0.15, 0.2) is 24.3 Å². The summed E-state index contributed by atoms with van der Waals surface area (Å²) in [5.74, 6) is -5.02. The van der Waals surface area contributed by atoms with E-state index in [-0.39, 0.29) is 51.4 Å². The van der Waals surface area contributed by atoms with Gasteiger partial charge in [-0.05, 0) is 0 Å². The molecule has 0 aromatic rings. The zero-order valence-electron chi connectivity index (χ0n) is 7.10. The predicted octanol–water partition coefficient (Wildman–Crippen LogP) is -5.15. The molecule has 64 valence electrons. The zero-order chi connectivity index (χ0) is 9.14. The molecule has 0 saturated heterocycles. The van der Waals surface area contributed by atoms with Gasteiger partial charge in [0.2, 0.25) is 0 Å². The third-order valence-corrected chi connectivity index (χ3v) is 1.68. The maximum atomic E-state index is 10.4. The second-order valence-electron chi connectivity index (χ2n) is 2.46. The van der Waals surface area contributed by atoms with Crippen molar-refractivity contribution in [1.82, 2.24) is 0 Å². The van der Waals surface area contributed by atoms with Gasteiger partial charge in [-0.1, -0.05) is 24.3 Å². The second-order valence-corrected chi connectivity index (χ2v) is 2.46. The Labute approximate surface area is 118 Å². The summed E-state index contributed by atoms with van der Waals surface area (Å²) >= 11 is 0. The van der Waals surface area contributed by atoms with Crippen LogP contribution in [-0.2, 0) is 9.59 Å². The number of carbonyl (C=O) groups excluding carboxylic acids is 2. The SMILES string of the molecule is O=C([O-])C1C=CC=CC1C(=O)[O-].[K+]. The van der Waals surface area contributed by atoms with Gasteiger partial charge in [-0.3, -0.25) is 0 Å². The molecule has 1 aliphatic carbocycles. The summed E-state index contributed by atoms with van der Waals surface area (Å²) in [6, 6.07) is 0. The third kappa shape index (κ3) is 3.36. The molecule has 1 rings (SSSR count). The van der Waals surface area contributed by atoms with E-state index in [0.29, 0.717) is 0 Å². The molecule has 5 heteroatoms. The van der Waals surface area contributed by atoms with Crippen molar-refractivity contribution in [2.75, 3.05) is 0 Å². The van der Waals surface area contributed by atoms with E-state index < -0.39 is 23.8 Å². The van der Waals surface area contributed by atoms with Crippen LogP contribution in [0.5, 0.6) is 0 Å². The van der Waals surface area contributed by atoms with Crippen molar-refractivity contribution >= 4 is 11.9 Å². The Kier molecular flexibility index (Phi) is 5.74. The minimum Gasteiger partial charge on any atom is -0.549 e. The Bertz CT molecular complexity index is 241. The Morgan fingerprint density at radius 1 is 0.923 bits per heavy atom. The fourth-order valence-electron chi connectivity index (χ4n) is 1.06. The summed E-state index contributed by atoms with van der Waals surface area (Å²) in [6.07, 6.45) is 5.49. The number of allylic oxidation sites excluding steroid dienone is 2. The molecule has 0 aliphatic heterocycles. The molecule has 2 unspecified atom stereocenters. The number of hydrogen-bond acceptors (Lipinski definition) is 4. The summed E-state index contributed by atoms with van der Waals surface area (Å²) in [5.41, 5.74) is 0. The molecule has 0 heterocycles. The van der Waals surface area contributed by atoms with Crippen LogP contribution in [0.25, 0.3) is 0 Å². The van der Waals surface area contributed by atoms with Crippen molar-refractivity contribution < 1.29 is 71.2 Å². The summed E-state index contributed by atoms with van der Waals surface area (Å²) in [4.78, 5) is 20.8. The first-order valence-corrected chi connectivity index (χ1v) is 3.39. The number of rotatable bonds is 2. The average molecular weight is 205 g/mol. The van der Waals surface area contributed by atoms with Gasteiger partial charge in [0.1, 0.15) is 0 Å². The van der Waals surface area contributed by atoms with Gasteiger partial charge in [-0.2, -0.15) is 0 Å². The number of carboxylic acids is 2. The fraction of sp³-hybridized carbons (Fsp3) is 0.250. The number of aliphatic carboxylic acids is 2. The molecule has 0 amide bonds. The molecule has 1 aliphatic rings. The van der Waals surface area contributed by atoms with Gasteiger partial charge >= 0.3 is 51.4 Å². The van der Waals surface area contributed by atoms with Crippen molar-refractivity contribution in [2.24, 2.45) is 11.8 Å². The van der Waals surface area contributed by atoms with Crippen LogP contribution in [0.1, 0.15) is 0 Å². The molecule has 2 atom stereocenters. The minimum absolute atomic E-state index is 0. The monoisotopic (exact) mass is 205 g/mol. The second kappa shape index (κ2) is 5.72. The first-order valence-electron chi connectivity index (χ1n) is 3.39. The summed E-state index contributed by atoms with van der Waals surface area (Å²) in [6.45, 7) is 0. The van der Waals surface area contributed by atoms with Gasteiger partial charge in [0.15, 0.2) is 0 Å². The molecule has 0 fully saturated rings. The smallest absolute Gasteiger partial charge is 0.549 e. The number of carboxylic acid groups (broad SMARTS) is 2. The van der Waals surface area contributed by atoms with E-state index in [0.717, 1.165) is 0 Å². The van der Waals surface area contributed by atoms with E-state index in [2.05, 4.69) is 0 Å². The molecular formula is C8H6KO4-. The van der Waals surface area contributed by atoms with Crippen LogP contribution in [0, 0.1) is 11.8 Å². The van der Waals surface area contributed by atoms with Crippen LogP contribution < -0.4 is 61.6 Å². The van der Waals surface area contributed by atoms with Crippen molar-refractivity contribution in [2.45, 2.75) is 0 Å². The van der Waals surface area contributed by atoms with Crippen LogP contribution in [-0.4, -0.2) is 11.9 Å². The Hall–Kier alpha value is 0.0564. The first-order chi connectivity index (χ1) is 5.63. The molecule has 0 N–H and O–H groups in total. The first kappa shape index (κ1) is 13.1. The Balaban J connectivity index is 0.00000144. The standard InChI is InChI=1S/C8H8O4.K/c9-7(10)5-3-1-2-4-6(5)8(11)12;/h1-6H,(H,9,10)(H,11,12);/q;+1/p-2. The predicted molar refractivity (Wildman–Crippen MR) is 35.3 cm³/mol. The molecular weight excluding hydrogens is 199 g/mol. The summed E-state index contributed by atoms with van der Waals surface area (Å²) < 4.78 is 0. The quantitative estimate of drug-likeness (QED) is 0.422. The molecule has 4 nitrogen and oxygen atoms in total. The van der Waals surface area contributed by atoms with Gasteiger partial charge in [0.25, 0.3) is 0 Å². The van der Waals surface area contributed by atoms with Crippen LogP contribution in [0.2, 0.25) is 0 Å². The summed E-state index contributed by atoms with van der Waals surface area (Å²) in [7, 11) is 0. The van der Waals surface area contributed by atoms with Crippen molar-refractivity contribution in [3.05, 3.63) is 24.3 Å². The van der Waals surface area contributed by atoms with E-state index in [9.17, 15) is 19.8 Å². The largest absolute Gasteiger partial charge is 1.00 e. The fourth-order valence-corrected chi connectivity index (χ4v) is 1.06. The van der Waals surface area contributed by atoms with Gasteiger partial charge in [0, 0.05) is 23.8 Å². The Morgan fingerprint density at radius 2 is 1.23 bits per heavy atom. The van der Waals surface area contributed by atoms with Crippen LogP contribution in [0.3, 0.4) is 0 Å². The van der Waals surface area contributed by atoms with Crippen molar-refractivity contribution in [3.63, 3.8) is 0 Å². The molecule has 0 aromatic heterocycles. The normalized spacial score (nSPS) is 24.9. The van der Waals surface area contributed by atoms with E-state index in [1.54, 1.807) is 0 Å². The third-order valence-electron chi connectivity index (χ3n) is 1.68. The zero-order valence-corrected chi connectivity index (χ0v) is 10.2. The molecule has 0 spiro atoms. The topological polar surface area (TPSA) is 80.3 Å². The Morgan fingerprint density at radius 3 is 1.46 bits per heavy atom. The van der Waals surface area contributed by atoms with E-state index in [1.807, 2.05) is 0 Å². The summed E-state index contributed by atoms with van der Waals surface area (Å²) in [5, 5.41) is 20.8. The van der Waals surface area contributed by atoms with E-state index in [1.165, 1.54) is 24.3 Å². The van der Waals surface area contributed by atoms with Crippen LogP contribution >= 0.6 is 0 Å². The van der Waals surface area contributed by atoms with E-state index in [4.69, 9.17) is 0 Å². The van der Waals surface area contributed by atoms with Crippen LogP contribution in [0.4, 0.5) is 0 Å². The average Bonchev–Trinajstić information content (AvgIpc) is 2.04. The van der Waals surface area contributed by atoms with Gasteiger partial charge < -0.3 is 19.8 Å². The molecule has 0 bridgehead atoms. The van der Waals surface area contributed by atoms with E-state index >= 15 is 0 Å². The molecule has 13 heavy (non-hydrogen) atoms. The maximum Gasteiger partial charge on any atom is 1.00 e. The van der Waals surface area contributed by atoms with Crippen molar-refractivity contribution in [1.29, 1.82) is 0 Å². The van der Waals surface area contributed by atoms with Gasteiger partial charge in [-0.15, -0.1) is 0 Å². The maximum absolute atomic E-state index is 10.4. The van der Waals surface area contributed by atoms with Crippen molar-refractivity contribution in [3.8, 4) is 0 Å².